The fourth-order valence-corrected chi connectivity index (χ4v) is 8.37. The van der Waals surface area contributed by atoms with Gasteiger partial charge in [0.15, 0.2) is 6.10 Å². The molecule has 6 rings (SSSR count). The molecule has 2 aromatic carbocycles. The minimum absolute atomic E-state index is 0.346. The summed E-state index contributed by atoms with van der Waals surface area (Å²) < 4.78 is 11.8. The summed E-state index contributed by atoms with van der Waals surface area (Å²) in [6.45, 7) is 5.31. The van der Waals surface area contributed by atoms with Crippen LogP contribution in [0.15, 0.2) is 48.5 Å². The highest BCUT2D eigenvalue weighted by atomic mass is 16.6. The molecule has 4 heterocycles. The number of fused-ring (bicyclic) bond motifs is 2. The number of benzene rings is 2. The summed E-state index contributed by atoms with van der Waals surface area (Å²) in [5, 5.41) is 44.2. The molecule has 0 unspecified atom stereocenters. The molecule has 0 aromatic heterocycles. The van der Waals surface area contributed by atoms with Crippen molar-refractivity contribution < 1.29 is 39.5 Å². The zero-order valence-electron chi connectivity index (χ0n) is 30.5. The van der Waals surface area contributed by atoms with Crippen LogP contribution in [0.5, 0.6) is 0 Å². The van der Waals surface area contributed by atoms with E-state index in [-0.39, 0.29) is 0 Å². The molecule has 286 valence electrons. The first-order valence-electron chi connectivity index (χ1n) is 19.5. The van der Waals surface area contributed by atoms with Gasteiger partial charge in [0.2, 0.25) is 5.60 Å². The second-order valence-corrected chi connectivity index (χ2v) is 15.1. The van der Waals surface area contributed by atoms with E-state index < -0.39 is 48.6 Å². The van der Waals surface area contributed by atoms with Gasteiger partial charge in [0.05, 0.1) is 19.7 Å². The fourth-order valence-electron chi connectivity index (χ4n) is 8.37. The minimum atomic E-state index is -2.97. The van der Waals surface area contributed by atoms with Crippen LogP contribution in [-0.2, 0) is 31.9 Å². The second-order valence-electron chi connectivity index (χ2n) is 15.1. The van der Waals surface area contributed by atoms with E-state index in [2.05, 4.69) is 37.8 Å². The topological polar surface area (TPSA) is 146 Å². The number of aliphatic hydroxyl groups excluding tert-OH is 3. The molecule has 0 spiro atoms. The number of para-hydroxylation sites is 2. The van der Waals surface area contributed by atoms with Gasteiger partial charge in [0.1, 0.15) is 18.3 Å². The Morgan fingerprint density at radius 3 is 1.58 bits per heavy atom. The van der Waals surface area contributed by atoms with Crippen molar-refractivity contribution in [1.29, 1.82) is 0 Å². The van der Waals surface area contributed by atoms with Crippen molar-refractivity contribution in [3.8, 4) is 0 Å². The van der Waals surface area contributed by atoms with Crippen LogP contribution < -0.4 is 9.80 Å². The molecule has 5 atom stereocenters. The Hall–Kier alpha value is -3.26. The maximum absolute atomic E-state index is 13.8. The van der Waals surface area contributed by atoms with Crippen molar-refractivity contribution in [2.45, 2.75) is 94.2 Å². The number of anilines is 2. The SMILES string of the molecule is O=C(O[C@@H](CN1CCCCC1)CN1CCCc2ccccc21)[C@H](O)[C@H](O)[C@@](O)(CO)C(=O)O[C@@H](CN1CCCCC1)CN1CCCc2ccccc21. The smallest absolute Gasteiger partial charge is 0.343 e. The normalized spacial score (nSPS) is 21.9. The third-order valence-electron chi connectivity index (χ3n) is 11.3. The van der Waals surface area contributed by atoms with Gasteiger partial charge < -0.3 is 39.7 Å². The predicted molar refractivity (Wildman–Crippen MR) is 198 cm³/mol. The first-order valence-corrected chi connectivity index (χ1v) is 19.5. The number of hydrogen-bond acceptors (Lipinski definition) is 12. The number of ether oxygens (including phenoxy) is 2. The Bertz CT molecular complexity index is 1470. The van der Waals surface area contributed by atoms with Gasteiger partial charge in [-0.3, -0.25) is 9.80 Å². The third-order valence-corrected chi connectivity index (χ3v) is 11.3. The molecule has 2 fully saturated rings. The number of nitrogens with zero attached hydrogens (tertiary/aromatic N) is 4. The van der Waals surface area contributed by atoms with E-state index >= 15 is 0 Å². The lowest BCUT2D eigenvalue weighted by molar-refractivity contribution is -0.205. The Labute approximate surface area is 307 Å². The molecule has 0 radical (unpaired) electrons. The Balaban J connectivity index is 1.14. The number of carbonyl (C=O) groups is 2. The van der Waals surface area contributed by atoms with E-state index in [0.717, 1.165) is 115 Å². The summed E-state index contributed by atoms with van der Waals surface area (Å²) in [4.78, 5) is 36.1. The molecule has 2 aromatic rings. The number of esters is 2. The summed E-state index contributed by atoms with van der Waals surface area (Å²) in [6.07, 6.45) is 4.18. The van der Waals surface area contributed by atoms with Crippen molar-refractivity contribution in [2.75, 3.05) is 81.9 Å². The van der Waals surface area contributed by atoms with Gasteiger partial charge in [-0.1, -0.05) is 49.2 Å². The number of rotatable bonds is 15. The molecule has 4 N–H and O–H groups in total. The zero-order chi connectivity index (χ0) is 36.5. The highest BCUT2D eigenvalue weighted by molar-refractivity contribution is 5.83. The van der Waals surface area contributed by atoms with E-state index in [9.17, 15) is 30.0 Å². The molecular weight excluding hydrogens is 664 g/mol. The van der Waals surface area contributed by atoms with Gasteiger partial charge in [-0.15, -0.1) is 0 Å². The first-order chi connectivity index (χ1) is 25.2. The summed E-state index contributed by atoms with van der Waals surface area (Å²) >= 11 is 0. The van der Waals surface area contributed by atoms with Gasteiger partial charge in [-0.25, -0.2) is 9.59 Å². The predicted octanol–water partition coefficient (Wildman–Crippen LogP) is 2.13. The maximum Gasteiger partial charge on any atom is 0.343 e. The summed E-state index contributed by atoms with van der Waals surface area (Å²) in [6, 6.07) is 16.3. The van der Waals surface area contributed by atoms with Crippen LogP contribution in [0.1, 0.15) is 62.5 Å². The number of hydrogen-bond donors (Lipinski definition) is 4. The van der Waals surface area contributed by atoms with Crippen LogP contribution in [0.2, 0.25) is 0 Å². The van der Waals surface area contributed by atoms with Crippen molar-refractivity contribution in [3.05, 3.63) is 59.7 Å². The van der Waals surface area contributed by atoms with Gasteiger partial charge in [0, 0.05) is 37.6 Å². The summed E-state index contributed by atoms with van der Waals surface area (Å²) in [7, 11) is 0. The van der Waals surface area contributed by atoms with Crippen LogP contribution in [-0.4, -0.2) is 144 Å². The van der Waals surface area contributed by atoms with Crippen LogP contribution in [0.3, 0.4) is 0 Å². The average molecular weight is 723 g/mol. The van der Waals surface area contributed by atoms with Crippen molar-refractivity contribution >= 4 is 23.3 Å². The number of likely N-dealkylation sites (tertiary alicyclic amines) is 2. The third kappa shape index (κ3) is 9.45. The number of piperidine rings is 2. The Morgan fingerprint density at radius 1 is 0.635 bits per heavy atom. The molecule has 0 amide bonds. The van der Waals surface area contributed by atoms with Crippen LogP contribution in [0.4, 0.5) is 11.4 Å². The molecule has 0 bridgehead atoms. The Morgan fingerprint density at radius 2 is 1.10 bits per heavy atom. The first kappa shape index (κ1) is 38.5. The second kappa shape index (κ2) is 18.2. The maximum atomic E-state index is 13.8. The molecule has 12 heteroatoms. The lowest BCUT2D eigenvalue weighted by Gasteiger charge is -2.38. The molecule has 2 saturated heterocycles. The lowest BCUT2D eigenvalue weighted by Crippen LogP contribution is -2.61. The van der Waals surface area contributed by atoms with Crippen molar-refractivity contribution in [2.24, 2.45) is 0 Å². The lowest BCUT2D eigenvalue weighted by atomic mass is 9.93. The van der Waals surface area contributed by atoms with Crippen molar-refractivity contribution in [3.63, 3.8) is 0 Å². The van der Waals surface area contributed by atoms with Crippen molar-refractivity contribution in [1.82, 2.24) is 9.80 Å². The van der Waals surface area contributed by atoms with E-state index in [1.807, 2.05) is 30.3 Å². The van der Waals surface area contributed by atoms with E-state index in [0.29, 0.717) is 26.2 Å². The van der Waals surface area contributed by atoms with Crippen LogP contribution >= 0.6 is 0 Å². The van der Waals surface area contributed by atoms with E-state index in [4.69, 9.17) is 9.47 Å². The van der Waals surface area contributed by atoms with Crippen LogP contribution in [0.25, 0.3) is 0 Å². The molecular formula is C40H58N4O8. The number of aliphatic hydroxyl groups is 4. The molecule has 0 saturated carbocycles. The van der Waals surface area contributed by atoms with Crippen LogP contribution in [0, 0.1) is 0 Å². The standard InChI is InChI=1S/C40H58N4O8/c45-29-40(50,39(49)52-33(26-42-21-9-2-10-22-42)28-44-24-12-16-31-14-4-6-18-35(31)44)37(47)36(46)38(48)51-32(25-41-19-7-1-8-20-41)27-43-23-11-15-30-13-3-5-17-34(30)43/h3-6,13-14,17-18,32-33,36-37,45-47,50H,1-2,7-12,15-16,19-29H2/t32-,33-,36+,37-,40-/m0/s1. The quantitative estimate of drug-likeness (QED) is 0.200. The largest absolute Gasteiger partial charge is 0.457 e. The molecule has 4 aliphatic heterocycles. The molecule has 4 aliphatic rings. The Kier molecular flexibility index (Phi) is 13.4. The van der Waals surface area contributed by atoms with E-state index in [1.165, 1.54) is 11.1 Å². The molecule has 12 nitrogen and oxygen atoms in total. The van der Waals surface area contributed by atoms with Gasteiger partial charge in [-0.05, 0) is 101 Å². The fraction of sp³-hybridized carbons (Fsp3) is 0.650. The summed E-state index contributed by atoms with van der Waals surface area (Å²) in [5.74, 6) is -2.47. The zero-order valence-corrected chi connectivity index (χ0v) is 30.5. The average Bonchev–Trinajstić information content (AvgIpc) is 3.18. The molecule has 52 heavy (non-hydrogen) atoms. The van der Waals surface area contributed by atoms with Gasteiger partial charge in [-0.2, -0.15) is 0 Å². The monoisotopic (exact) mass is 722 g/mol. The highest BCUT2D eigenvalue weighted by Crippen LogP contribution is 2.29. The van der Waals surface area contributed by atoms with E-state index in [1.54, 1.807) is 0 Å². The van der Waals surface area contributed by atoms with Gasteiger partial charge in [0.25, 0.3) is 0 Å². The number of aryl methyl sites for hydroxylation is 2. The molecule has 0 aliphatic carbocycles. The highest BCUT2D eigenvalue weighted by Gasteiger charge is 2.51. The minimum Gasteiger partial charge on any atom is -0.457 e. The summed E-state index contributed by atoms with van der Waals surface area (Å²) in [5.41, 5.74) is 1.62. The number of carbonyl (C=O) groups excluding carboxylic acids is 2. The van der Waals surface area contributed by atoms with Gasteiger partial charge >= 0.3 is 11.9 Å².